The lowest BCUT2D eigenvalue weighted by Crippen LogP contribution is -1.85. The van der Waals surface area contributed by atoms with E-state index in [1.54, 1.807) is 0 Å². The third-order valence-electron chi connectivity index (χ3n) is 5.75. The van der Waals surface area contributed by atoms with Gasteiger partial charge in [0, 0.05) is 0 Å². The fourth-order valence-corrected chi connectivity index (χ4v) is 4.47. The standard InChI is InChI=1S/C30H23/c1-22-27(23-14-6-2-7-15-23)29(25-18-10-4-11-19-25)30(26-20-12-5-13-21-26)28(22)24-16-8-3-9-17-24/h2-21H,1H3/q-1. The van der Waals surface area contributed by atoms with Crippen molar-refractivity contribution in [3.05, 3.63) is 127 Å². The molecule has 0 aliphatic heterocycles. The largest absolute Gasteiger partial charge is 0.104 e. The highest BCUT2D eigenvalue weighted by Crippen LogP contribution is 2.51. The Morgan fingerprint density at radius 1 is 0.433 bits per heavy atom. The number of rotatable bonds is 4. The van der Waals surface area contributed by atoms with Gasteiger partial charge in [0.2, 0.25) is 0 Å². The van der Waals surface area contributed by atoms with Crippen LogP contribution in [0.5, 0.6) is 0 Å². The molecule has 0 nitrogen and oxygen atoms in total. The molecule has 0 aliphatic rings. The van der Waals surface area contributed by atoms with Crippen LogP contribution in [0, 0.1) is 6.92 Å². The Kier molecular flexibility index (Phi) is 4.83. The van der Waals surface area contributed by atoms with Crippen LogP contribution in [0.1, 0.15) is 5.56 Å². The van der Waals surface area contributed by atoms with Gasteiger partial charge in [0.1, 0.15) is 0 Å². The maximum Gasteiger partial charge on any atom is -0.0468 e. The van der Waals surface area contributed by atoms with E-state index in [-0.39, 0.29) is 0 Å². The van der Waals surface area contributed by atoms with Gasteiger partial charge in [-0.05, 0) is 5.56 Å². The van der Waals surface area contributed by atoms with Crippen molar-refractivity contribution in [2.24, 2.45) is 0 Å². The molecule has 5 rings (SSSR count). The van der Waals surface area contributed by atoms with E-state index in [1.165, 1.54) is 50.1 Å². The van der Waals surface area contributed by atoms with Gasteiger partial charge >= 0.3 is 0 Å². The molecule has 0 radical (unpaired) electrons. The normalized spacial score (nSPS) is 10.8. The van der Waals surface area contributed by atoms with Crippen molar-refractivity contribution < 1.29 is 0 Å². The number of hydrogen-bond acceptors (Lipinski definition) is 0. The monoisotopic (exact) mass is 383 g/mol. The molecule has 0 aliphatic carbocycles. The van der Waals surface area contributed by atoms with E-state index in [2.05, 4.69) is 128 Å². The van der Waals surface area contributed by atoms with Gasteiger partial charge in [0.05, 0.1) is 0 Å². The molecule has 0 atom stereocenters. The van der Waals surface area contributed by atoms with E-state index in [0.29, 0.717) is 0 Å². The van der Waals surface area contributed by atoms with Crippen molar-refractivity contribution in [1.29, 1.82) is 0 Å². The molecular formula is C30H23-. The average Bonchev–Trinajstić information content (AvgIpc) is 3.14. The molecule has 0 aromatic heterocycles. The Labute approximate surface area is 178 Å². The molecule has 0 N–H and O–H groups in total. The first-order chi connectivity index (χ1) is 14.8. The molecule has 5 aromatic rings. The van der Waals surface area contributed by atoms with Gasteiger partial charge in [-0.15, -0.1) is 5.56 Å². The Hall–Kier alpha value is -3.77. The lowest BCUT2D eigenvalue weighted by molar-refractivity contribution is 1.50. The van der Waals surface area contributed by atoms with Gasteiger partial charge < -0.3 is 0 Å². The van der Waals surface area contributed by atoms with Crippen LogP contribution in [0.15, 0.2) is 121 Å². The maximum atomic E-state index is 2.27. The molecular weight excluding hydrogens is 360 g/mol. The summed E-state index contributed by atoms with van der Waals surface area (Å²) in [7, 11) is 0. The second-order valence-electron chi connectivity index (χ2n) is 7.59. The Bertz CT molecular complexity index is 1150. The first-order valence-corrected chi connectivity index (χ1v) is 10.4. The SMILES string of the molecule is Cc1c(-c2ccccc2)c(-c2ccccc2)[c-](-c2ccccc2)c1-c1ccccc1. The van der Waals surface area contributed by atoms with Crippen molar-refractivity contribution in [2.45, 2.75) is 6.92 Å². The van der Waals surface area contributed by atoms with Crippen molar-refractivity contribution >= 4 is 0 Å². The minimum absolute atomic E-state index is 1.25. The highest BCUT2D eigenvalue weighted by atomic mass is 14.3. The first-order valence-electron chi connectivity index (χ1n) is 10.4. The summed E-state index contributed by atoms with van der Waals surface area (Å²) in [5, 5.41) is 0. The number of benzene rings is 4. The minimum Gasteiger partial charge on any atom is -0.104 e. The summed E-state index contributed by atoms with van der Waals surface area (Å²) >= 11 is 0. The number of hydrogen-bond donors (Lipinski definition) is 0. The molecule has 0 amide bonds. The zero-order valence-electron chi connectivity index (χ0n) is 17.0. The molecule has 0 bridgehead atoms. The smallest absolute Gasteiger partial charge is 0.0468 e. The van der Waals surface area contributed by atoms with Crippen molar-refractivity contribution in [3.63, 3.8) is 0 Å². The van der Waals surface area contributed by atoms with Crippen LogP contribution in [0.3, 0.4) is 0 Å². The Morgan fingerprint density at radius 3 is 1.33 bits per heavy atom. The van der Waals surface area contributed by atoms with Crippen molar-refractivity contribution in [2.75, 3.05) is 0 Å². The van der Waals surface area contributed by atoms with E-state index >= 15 is 0 Å². The van der Waals surface area contributed by atoms with Crippen LogP contribution in [-0.4, -0.2) is 0 Å². The van der Waals surface area contributed by atoms with Crippen molar-refractivity contribution in [3.8, 4) is 44.5 Å². The lowest BCUT2D eigenvalue weighted by atomic mass is 9.91. The lowest BCUT2D eigenvalue weighted by Gasteiger charge is -2.17. The van der Waals surface area contributed by atoms with Gasteiger partial charge in [0.15, 0.2) is 0 Å². The van der Waals surface area contributed by atoms with Gasteiger partial charge in [-0.1, -0.05) is 167 Å². The fraction of sp³-hybridized carbons (Fsp3) is 0.0333. The highest BCUT2D eigenvalue weighted by molar-refractivity contribution is 6.07. The summed E-state index contributed by atoms with van der Waals surface area (Å²) in [4.78, 5) is 0. The van der Waals surface area contributed by atoms with E-state index in [1.807, 2.05) is 0 Å². The third-order valence-corrected chi connectivity index (χ3v) is 5.75. The topological polar surface area (TPSA) is 0 Å². The maximum absolute atomic E-state index is 2.27. The van der Waals surface area contributed by atoms with Crippen LogP contribution in [0.4, 0.5) is 0 Å². The van der Waals surface area contributed by atoms with Crippen LogP contribution < -0.4 is 0 Å². The van der Waals surface area contributed by atoms with E-state index < -0.39 is 0 Å². The molecule has 30 heavy (non-hydrogen) atoms. The first kappa shape index (κ1) is 18.3. The zero-order chi connectivity index (χ0) is 20.3. The molecule has 0 saturated carbocycles. The summed E-state index contributed by atoms with van der Waals surface area (Å²) in [6, 6.07) is 43.1. The van der Waals surface area contributed by atoms with Gasteiger partial charge in [-0.25, -0.2) is 0 Å². The van der Waals surface area contributed by atoms with Crippen LogP contribution in [-0.2, 0) is 0 Å². The fourth-order valence-electron chi connectivity index (χ4n) is 4.47. The summed E-state index contributed by atoms with van der Waals surface area (Å²) < 4.78 is 0. The Balaban J connectivity index is 1.95. The van der Waals surface area contributed by atoms with Crippen molar-refractivity contribution in [1.82, 2.24) is 0 Å². The molecule has 0 saturated heterocycles. The minimum atomic E-state index is 1.25. The van der Waals surface area contributed by atoms with Crippen LogP contribution >= 0.6 is 0 Å². The molecule has 0 heteroatoms. The summed E-state index contributed by atoms with van der Waals surface area (Å²) in [6.07, 6.45) is 0. The summed E-state index contributed by atoms with van der Waals surface area (Å²) in [6.45, 7) is 2.27. The zero-order valence-corrected chi connectivity index (χ0v) is 17.0. The van der Waals surface area contributed by atoms with E-state index in [9.17, 15) is 0 Å². The summed E-state index contributed by atoms with van der Waals surface area (Å²) in [5.41, 5.74) is 11.6. The quantitative estimate of drug-likeness (QED) is 0.273. The molecule has 0 heterocycles. The summed E-state index contributed by atoms with van der Waals surface area (Å²) in [5.74, 6) is 0. The second kappa shape index (κ2) is 7.93. The average molecular weight is 384 g/mol. The molecule has 0 spiro atoms. The predicted molar refractivity (Wildman–Crippen MR) is 129 cm³/mol. The van der Waals surface area contributed by atoms with E-state index in [0.717, 1.165) is 0 Å². The van der Waals surface area contributed by atoms with E-state index in [4.69, 9.17) is 0 Å². The van der Waals surface area contributed by atoms with Crippen LogP contribution in [0.25, 0.3) is 44.5 Å². The van der Waals surface area contributed by atoms with Gasteiger partial charge in [-0.2, -0.15) is 0 Å². The molecule has 144 valence electrons. The molecule has 0 unspecified atom stereocenters. The Morgan fingerprint density at radius 2 is 0.833 bits per heavy atom. The second-order valence-corrected chi connectivity index (χ2v) is 7.59. The molecule has 0 fully saturated rings. The molecule has 5 aromatic carbocycles. The van der Waals surface area contributed by atoms with Crippen LogP contribution in [0.2, 0.25) is 0 Å². The van der Waals surface area contributed by atoms with Gasteiger partial charge in [0.25, 0.3) is 0 Å². The van der Waals surface area contributed by atoms with Gasteiger partial charge in [-0.3, -0.25) is 0 Å². The highest BCUT2D eigenvalue weighted by Gasteiger charge is 2.19. The third kappa shape index (κ3) is 3.17. The predicted octanol–water partition coefficient (Wildman–Crippen LogP) is 8.38.